The molecule has 0 fully saturated rings. The number of furan rings is 1. The van der Waals surface area contributed by atoms with Crippen molar-refractivity contribution in [2.75, 3.05) is 7.05 Å². The smallest absolute Gasteiger partial charge is 0.105 e. The molecule has 1 aromatic heterocycles. The molecular weight excluding hydrogens is 302 g/mol. The zero-order valence-electron chi connectivity index (χ0n) is 9.41. The van der Waals surface area contributed by atoms with Crippen LogP contribution in [0.5, 0.6) is 0 Å². The van der Waals surface area contributed by atoms with Crippen molar-refractivity contribution in [1.29, 1.82) is 0 Å². The predicted octanol–water partition coefficient (Wildman–Crippen LogP) is 4.20. The van der Waals surface area contributed by atoms with Crippen molar-refractivity contribution in [3.8, 4) is 0 Å². The average Bonchev–Trinajstić information content (AvgIpc) is 2.83. The Morgan fingerprint density at radius 1 is 1.35 bits per heavy atom. The fraction of sp³-hybridized carbons (Fsp3) is 0.231. The summed E-state index contributed by atoms with van der Waals surface area (Å²) in [6.45, 7) is 0. The Hall–Kier alpha value is -0.770. The summed E-state index contributed by atoms with van der Waals surface area (Å²) in [4.78, 5) is 0. The predicted molar refractivity (Wildman–Crippen MR) is 73.4 cm³/mol. The normalized spacial score (nSPS) is 12.6. The molecule has 1 N–H and O–H groups in total. The highest BCUT2D eigenvalue weighted by Crippen LogP contribution is 2.31. The topological polar surface area (TPSA) is 25.2 Å². The first-order chi connectivity index (χ1) is 8.22. The maximum absolute atomic E-state index is 6.29. The Kier molecular flexibility index (Phi) is 4.26. The van der Waals surface area contributed by atoms with Crippen LogP contribution < -0.4 is 5.32 Å². The van der Waals surface area contributed by atoms with Crippen LogP contribution in [0.2, 0.25) is 5.02 Å². The zero-order chi connectivity index (χ0) is 12.3. The van der Waals surface area contributed by atoms with Crippen molar-refractivity contribution in [3.63, 3.8) is 0 Å². The molecule has 2 nitrogen and oxygen atoms in total. The van der Waals surface area contributed by atoms with E-state index in [4.69, 9.17) is 16.0 Å². The van der Waals surface area contributed by atoms with E-state index >= 15 is 0 Å². The first-order valence-corrected chi connectivity index (χ1v) is 6.53. The van der Waals surface area contributed by atoms with Crippen LogP contribution in [0.3, 0.4) is 0 Å². The third kappa shape index (κ3) is 2.92. The van der Waals surface area contributed by atoms with Gasteiger partial charge in [0.25, 0.3) is 0 Å². The summed E-state index contributed by atoms with van der Waals surface area (Å²) in [7, 11) is 1.92. The highest BCUT2D eigenvalue weighted by Gasteiger charge is 2.16. The van der Waals surface area contributed by atoms with Crippen LogP contribution in [0, 0.1) is 0 Å². The van der Waals surface area contributed by atoms with Crippen molar-refractivity contribution in [2.24, 2.45) is 0 Å². The Morgan fingerprint density at radius 2 is 2.18 bits per heavy atom. The molecule has 1 aromatic carbocycles. The molecule has 0 saturated carbocycles. The van der Waals surface area contributed by atoms with E-state index in [1.54, 1.807) is 6.26 Å². The molecule has 1 unspecified atom stereocenters. The van der Waals surface area contributed by atoms with Crippen molar-refractivity contribution < 1.29 is 4.42 Å². The lowest BCUT2D eigenvalue weighted by Gasteiger charge is -2.17. The Morgan fingerprint density at radius 3 is 2.82 bits per heavy atom. The molecule has 4 heteroatoms. The summed E-state index contributed by atoms with van der Waals surface area (Å²) in [6, 6.07) is 9.95. The molecule has 17 heavy (non-hydrogen) atoms. The molecule has 0 bridgehead atoms. The van der Waals surface area contributed by atoms with Gasteiger partial charge in [0.2, 0.25) is 0 Å². The fourth-order valence-electron chi connectivity index (χ4n) is 1.79. The molecule has 0 aliphatic rings. The highest BCUT2D eigenvalue weighted by molar-refractivity contribution is 9.10. The van der Waals surface area contributed by atoms with E-state index in [1.165, 1.54) is 0 Å². The van der Waals surface area contributed by atoms with Crippen LogP contribution >= 0.6 is 27.5 Å². The second-order valence-electron chi connectivity index (χ2n) is 3.77. The van der Waals surface area contributed by atoms with Gasteiger partial charge >= 0.3 is 0 Å². The quantitative estimate of drug-likeness (QED) is 0.915. The van der Waals surface area contributed by atoms with Gasteiger partial charge in [-0.15, -0.1) is 0 Å². The lowest BCUT2D eigenvalue weighted by Crippen LogP contribution is -2.19. The van der Waals surface area contributed by atoms with E-state index in [1.807, 2.05) is 37.4 Å². The van der Waals surface area contributed by atoms with Gasteiger partial charge in [-0.2, -0.15) is 0 Å². The number of benzene rings is 1. The maximum atomic E-state index is 6.29. The van der Waals surface area contributed by atoms with Crippen LogP contribution in [0.25, 0.3) is 0 Å². The zero-order valence-corrected chi connectivity index (χ0v) is 11.8. The first kappa shape index (κ1) is 12.7. The number of hydrogen-bond donors (Lipinski definition) is 1. The number of nitrogens with one attached hydrogen (secondary N) is 1. The molecule has 0 amide bonds. The summed E-state index contributed by atoms with van der Waals surface area (Å²) in [5.41, 5.74) is 1.07. The van der Waals surface area contributed by atoms with Gasteiger partial charge < -0.3 is 9.73 Å². The minimum Gasteiger partial charge on any atom is -0.469 e. The number of likely N-dealkylation sites (N-methyl/N-ethyl adjacent to an activating group) is 1. The van der Waals surface area contributed by atoms with E-state index in [0.29, 0.717) is 0 Å². The summed E-state index contributed by atoms with van der Waals surface area (Å²) >= 11 is 9.73. The van der Waals surface area contributed by atoms with Gasteiger partial charge in [-0.25, -0.2) is 0 Å². The minimum atomic E-state index is 0.145. The number of rotatable bonds is 4. The molecular formula is C13H13BrClNO. The van der Waals surface area contributed by atoms with Crippen molar-refractivity contribution >= 4 is 27.5 Å². The third-order valence-electron chi connectivity index (χ3n) is 2.69. The minimum absolute atomic E-state index is 0.145. The summed E-state index contributed by atoms with van der Waals surface area (Å²) < 4.78 is 6.28. The van der Waals surface area contributed by atoms with Gasteiger partial charge in [-0.1, -0.05) is 23.7 Å². The van der Waals surface area contributed by atoms with Gasteiger partial charge in [0.15, 0.2) is 0 Å². The SMILES string of the molecule is CNC(Cc1ccco1)c1cccc(Br)c1Cl. The fourth-order valence-corrected chi connectivity index (χ4v) is 2.43. The molecule has 1 heterocycles. The van der Waals surface area contributed by atoms with E-state index in [-0.39, 0.29) is 6.04 Å². The lowest BCUT2D eigenvalue weighted by molar-refractivity contribution is 0.466. The molecule has 1 atom stereocenters. The molecule has 0 radical (unpaired) electrons. The largest absolute Gasteiger partial charge is 0.469 e. The number of halogens is 2. The van der Waals surface area contributed by atoms with Gasteiger partial charge in [0, 0.05) is 16.9 Å². The van der Waals surface area contributed by atoms with Gasteiger partial charge in [0.05, 0.1) is 11.3 Å². The van der Waals surface area contributed by atoms with E-state index < -0.39 is 0 Å². The van der Waals surface area contributed by atoms with Crippen LogP contribution in [-0.4, -0.2) is 7.05 Å². The Labute approximate surface area is 114 Å². The number of hydrogen-bond acceptors (Lipinski definition) is 2. The van der Waals surface area contributed by atoms with E-state index in [2.05, 4.69) is 21.2 Å². The monoisotopic (exact) mass is 313 g/mol. The van der Waals surface area contributed by atoms with E-state index in [0.717, 1.165) is 27.2 Å². The standard InChI is InChI=1S/C13H13BrClNO/c1-16-12(8-9-4-3-7-17-9)10-5-2-6-11(14)13(10)15/h2-7,12,16H,8H2,1H3. The molecule has 2 aromatic rings. The molecule has 0 aliphatic carbocycles. The van der Waals surface area contributed by atoms with Gasteiger partial charge in [-0.05, 0) is 46.7 Å². The van der Waals surface area contributed by atoms with Crippen molar-refractivity contribution in [3.05, 3.63) is 57.4 Å². The Balaban J connectivity index is 2.26. The second kappa shape index (κ2) is 5.71. The van der Waals surface area contributed by atoms with Crippen LogP contribution in [0.4, 0.5) is 0 Å². The van der Waals surface area contributed by atoms with Crippen LogP contribution in [0.15, 0.2) is 45.5 Å². The lowest BCUT2D eigenvalue weighted by atomic mass is 10.0. The third-order valence-corrected chi connectivity index (χ3v) is 4.00. The Bertz CT molecular complexity index is 484. The van der Waals surface area contributed by atoms with Crippen molar-refractivity contribution in [2.45, 2.75) is 12.5 Å². The van der Waals surface area contributed by atoms with Gasteiger partial charge in [0.1, 0.15) is 5.76 Å². The molecule has 90 valence electrons. The summed E-state index contributed by atoms with van der Waals surface area (Å²) in [5, 5.41) is 4.01. The van der Waals surface area contributed by atoms with Crippen molar-refractivity contribution in [1.82, 2.24) is 5.32 Å². The average molecular weight is 315 g/mol. The van der Waals surface area contributed by atoms with Gasteiger partial charge in [-0.3, -0.25) is 0 Å². The highest BCUT2D eigenvalue weighted by atomic mass is 79.9. The van der Waals surface area contributed by atoms with E-state index in [9.17, 15) is 0 Å². The first-order valence-electron chi connectivity index (χ1n) is 5.36. The molecule has 2 rings (SSSR count). The molecule has 0 saturated heterocycles. The van der Waals surface area contributed by atoms with Crippen LogP contribution in [0.1, 0.15) is 17.4 Å². The molecule has 0 spiro atoms. The maximum Gasteiger partial charge on any atom is 0.105 e. The second-order valence-corrected chi connectivity index (χ2v) is 5.00. The molecule has 0 aliphatic heterocycles. The summed E-state index contributed by atoms with van der Waals surface area (Å²) in [5.74, 6) is 0.945. The van der Waals surface area contributed by atoms with Crippen LogP contribution in [-0.2, 0) is 6.42 Å². The summed E-state index contributed by atoms with van der Waals surface area (Å²) in [6.07, 6.45) is 2.46.